The van der Waals surface area contributed by atoms with Gasteiger partial charge in [0, 0.05) is 37.4 Å². The van der Waals surface area contributed by atoms with E-state index in [9.17, 15) is 0 Å². The average molecular weight is 278 g/mol. The second-order valence-corrected chi connectivity index (χ2v) is 7.31. The topological polar surface area (TPSA) is 33.1 Å². The molecule has 1 aromatic rings. The van der Waals surface area contributed by atoms with Crippen LogP contribution in [0.2, 0.25) is 0 Å². The van der Waals surface area contributed by atoms with Crippen molar-refractivity contribution >= 4 is 5.69 Å². The lowest BCUT2D eigenvalue weighted by Gasteiger charge is -2.45. The SMILES string of the molecule is CCC1CNC(C(C)(C)C)CN1c1cnn(C(C)C)c1. The van der Waals surface area contributed by atoms with Gasteiger partial charge in [0.15, 0.2) is 0 Å². The molecule has 4 nitrogen and oxygen atoms in total. The van der Waals surface area contributed by atoms with Crippen molar-refractivity contribution in [3.05, 3.63) is 12.4 Å². The van der Waals surface area contributed by atoms with Gasteiger partial charge in [-0.25, -0.2) is 0 Å². The molecule has 0 spiro atoms. The summed E-state index contributed by atoms with van der Waals surface area (Å²) in [6, 6.07) is 1.51. The van der Waals surface area contributed by atoms with Crippen LogP contribution in [0.25, 0.3) is 0 Å². The van der Waals surface area contributed by atoms with Crippen LogP contribution in [-0.4, -0.2) is 35.0 Å². The molecule has 0 saturated carbocycles. The first-order chi connectivity index (χ1) is 9.32. The van der Waals surface area contributed by atoms with Crippen molar-refractivity contribution in [2.45, 2.75) is 66.1 Å². The number of hydrogen-bond acceptors (Lipinski definition) is 3. The summed E-state index contributed by atoms with van der Waals surface area (Å²) in [7, 11) is 0. The van der Waals surface area contributed by atoms with Gasteiger partial charge in [-0.2, -0.15) is 5.10 Å². The van der Waals surface area contributed by atoms with Gasteiger partial charge in [0.1, 0.15) is 0 Å². The molecule has 4 heteroatoms. The summed E-state index contributed by atoms with van der Waals surface area (Å²) in [5, 5.41) is 8.22. The Morgan fingerprint density at radius 3 is 2.60 bits per heavy atom. The summed E-state index contributed by atoms with van der Waals surface area (Å²) in [5.41, 5.74) is 1.55. The van der Waals surface area contributed by atoms with Gasteiger partial charge in [0.05, 0.1) is 11.9 Å². The summed E-state index contributed by atoms with van der Waals surface area (Å²) in [4.78, 5) is 2.54. The fraction of sp³-hybridized carbons (Fsp3) is 0.812. The second kappa shape index (κ2) is 5.76. The normalized spacial score (nSPS) is 24.4. The highest BCUT2D eigenvalue weighted by molar-refractivity contribution is 5.45. The molecule has 1 saturated heterocycles. The highest BCUT2D eigenvalue weighted by Crippen LogP contribution is 2.28. The fourth-order valence-corrected chi connectivity index (χ4v) is 2.82. The summed E-state index contributed by atoms with van der Waals surface area (Å²) < 4.78 is 2.05. The van der Waals surface area contributed by atoms with Crippen LogP contribution in [0.1, 0.15) is 54.0 Å². The van der Waals surface area contributed by atoms with E-state index in [2.05, 4.69) is 67.7 Å². The summed E-state index contributed by atoms with van der Waals surface area (Å²) in [5.74, 6) is 0. The number of nitrogens with one attached hydrogen (secondary N) is 1. The zero-order valence-corrected chi connectivity index (χ0v) is 13.8. The third-order valence-corrected chi connectivity index (χ3v) is 4.39. The van der Waals surface area contributed by atoms with Crippen LogP contribution in [0, 0.1) is 5.41 Å². The summed E-state index contributed by atoms with van der Waals surface area (Å²) in [6.45, 7) is 15.7. The molecule has 1 aromatic heterocycles. The number of piperazine rings is 1. The largest absolute Gasteiger partial charge is 0.363 e. The van der Waals surface area contributed by atoms with Gasteiger partial charge in [0.2, 0.25) is 0 Å². The predicted octanol–water partition coefficient (Wildman–Crippen LogP) is 3.07. The van der Waals surface area contributed by atoms with E-state index in [0.29, 0.717) is 18.1 Å². The molecule has 0 radical (unpaired) electrons. The number of aromatic nitrogens is 2. The first-order valence-electron chi connectivity index (χ1n) is 7.87. The third kappa shape index (κ3) is 3.17. The monoisotopic (exact) mass is 278 g/mol. The van der Waals surface area contributed by atoms with Crippen LogP contribution in [-0.2, 0) is 0 Å². The van der Waals surface area contributed by atoms with Crippen molar-refractivity contribution in [3.8, 4) is 0 Å². The number of anilines is 1. The first-order valence-corrected chi connectivity index (χ1v) is 7.87. The van der Waals surface area contributed by atoms with Gasteiger partial charge in [-0.1, -0.05) is 27.7 Å². The van der Waals surface area contributed by atoms with Gasteiger partial charge >= 0.3 is 0 Å². The molecule has 2 rings (SSSR count). The van der Waals surface area contributed by atoms with Crippen molar-refractivity contribution in [1.29, 1.82) is 0 Å². The average Bonchev–Trinajstić information content (AvgIpc) is 2.86. The predicted molar refractivity (Wildman–Crippen MR) is 85.3 cm³/mol. The zero-order chi connectivity index (χ0) is 14.9. The molecule has 1 aliphatic rings. The van der Waals surface area contributed by atoms with Crippen molar-refractivity contribution in [2.24, 2.45) is 5.41 Å². The Labute approximate surface area is 123 Å². The highest BCUT2D eigenvalue weighted by Gasteiger charge is 2.33. The van der Waals surface area contributed by atoms with Crippen molar-refractivity contribution in [3.63, 3.8) is 0 Å². The molecule has 1 N–H and O–H groups in total. The maximum atomic E-state index is 4.50. The second-order valence-electron chi connectivity index (χ2n) is 7.31. The Morgan fingerprint density at radius 2 is 2.10 bits per heavy atom. The number of rotatable bonds is 3. The van der Waals surface area contributed by atoms with Crippen molar-refractivity contribution < 1.29 is 0 Å². The minimum Gasteiger partial charge on any atom is -0.363 e. The van der Waals surface area contributed by atoms with E-state index in [4.69, 9.17) is 0 Å². The Balaban J connectivity index is 2.20. The molecule has 20 heavy (non-hydrogen) atoms. The number of nitrogens with zero attached hydrogens (tertiary/aromatic N) is 3. The quantitative estimate of drug-likeness (QED) is 0.922. The standard InChI is InChI=1S/C16H30N4/c1-7-13-8-17-15(16(4,5)6)11-19(13)14-9-18-20(10-14)12(2)3/h9-10,12-13,15,17H,7-8,11H2,1-6H3. The van der Waals surface area contributed by atoms with Crippen LogP contribution in [0.5, 0.6) is 0 Å². The van der Waals surface area contributed by atoms with Crippen molar-refractivity contribution in [1.82, 2.24) is 15.1 Å². The Hall–Kier alpha value is -1.03. The maximum absolute atomic E-state index is 4.50. The lowest BCUT2D eigenvalue weighted by molar-refractivity contribution is 0.233. The minimum atomic E-state index is 0.283. The molecular formula is C16H30N4. The molecule has 2 atom stereocenters. The van der Waals surface area contributed by atoms with E-state index in [1.54, 1.807) is 0 Å². The Morgan fingerprint density at radius 1 is 1.40 bits per heavy atom. The molecule has 2 heterocycles. The lowest BCUT2D eigenvalue weighted by atomic mass is 9.84. The lowest BCUT2D eigenvalue weighted by Crippen LogP contribution is -2.60. The van der Waals surface area contributed by atoms with Gasteiger partial charge in [-0.3, -0.25) is 4.68 Å². The molecule has 2 unspecified atom stereocenters. The molecule has 1 aliphatic heterocycles. The van der Waals surface area contributed by atoms with E-state index in [0.717, 1.165) is 19.5 Å². The molecule has 0 aliphatic carbocycles. The minimum absolute atomic E-state index is 0.283. The zero-order valence-electron chi connectivity index (χ0n) is 13.8. The number of hydrogen-bond donors (Lipinski definition) is 1. The van der Waals surface area contributed by atoms with Crippen LogP contribution in [0.3, 0.4) is 0 Å². The van der Waals surface area contributed by atoms with Crippen LogP contribution in [0.15, 0.2) is 12.4 Å². The fourth-order valence-electron chi connectivity index (χ4n) is 2.82. The first kappa shape index (κ1) is 15.4. The van der Waals surface area contributed by atoms with Gasteiger partial charge in [-0.05, 0) is 25.7 Å². The molecule has 0 amide bonds. The van der Waals surface area contributed by atoms with Crippen LogP contribution < -0.4 is 10.2 Å². The van der Waals surface area contributed by atoms with Crippen LogP contribution >= 0.6 is 0 Å². The van der Waals surface area contributed by atoms with E-state index < -0.39 is 0 Å². The molecular weight excluding hydrogens is 248 g/mol. The van der Waals surface area contributed by atoms with E-state index in [1.165, 1.54) is 5.69 Å². The van der Waals surface area contributed by atoms with E-state index in [-0.39, 0.29) is 5.41 Å². The smallest absolute Gasteiger partial charge is 0.0756 e. The summed E-state index contributed by atoms with van der Waals surface area (Å²) >= 11 is 0. The van der Waals surface area contributed by atoms with Gasteiger partial charge in [0.25, 0.3) is 0 Å². The van der Waals surface area contributed by atoms with E-state index in [1.807, 2.05) is 6.20 Å². The third-order valence-electron chi connectivity index (χ3n) is 4.39. The van der Waals surface area contributed by atoms with Gasteiger partial charge in [-0.15, -0.1) is 0 Å². The molecule has 0 bridgehead atoms. The Kier molecular flexibility index (Phi) is 4.43. The highest BCUT2D eigenvalue weighted by atomic mass is 15.3. The van der Waals surface area contributed by atoms with Crippen molar-refractivity contribution in [2.75, 3.05) is 18.0 Å². The molecule has 0 aromatic carbocycles. The maximum Gasteiger partial charge on any atom is 0.0756 e. The molecule has 1 fully saturated rings. The molecule has 114 valence electrons. The Bertz CT molecular complexity index is 430. The van der Waals surface area contributed by atoms with E-state index >= 15 is 0 Å². The summed E-state index contributed by atoms with van der Waals surface area (Å²) in [6.07, 6.45) is 5.38. The van der Waals surface area contributed by atoms with Gasteiger partial charge < -0.3 is 10.2 Å². The van der Waals surface area contributed by atoms with Crippen LogP contribution in [0.4, 0.5) is 5.69 Å².